The molecule has 0 heterocycles. The van der Waals surface area contributed by atoms with Gasteiger partial charge >= 0.3 is 0 Å². The first kappa shape index (κ1) is 28.5. The highest BCUT2D eigenvalue weighted by Crippen LogP contribution is 2.58. The maximum absolute atomic E-state index is 4.34. The number of unbranched alkanes of at least 4 members (excludes halogenated alkanes) is 20. The van der Waals surface area contributed by atoms with Gasteiger partial charge in [0.2, 0.25) is 0 Å². The molecule has 0 fully saturated rings. The average Bonchev–Trinajstić information content (AvgIpc) is 2.65. The molecular formula is C23H49PS3. The molecule has 0 aliphatic carbocycles. The maximum Gasteiger partial charge on any atom is 0.0666 e. The number of rotatable bonds is 23. The molecule has 0 radical (unpaired) electrons. The summed E-state index contributed by atoms with van der Waals surface area (Å²) in [5, 5.41) is 0. The molecule has 0 aliphatic rings. The molecule has 0 atom stereocenters. The first-order chi connectivity index (χ1) is 13.3. The summed E-state index contributed by atoms with van der Waals surface area (Å²) < 4.78 is 0. The zero-order valence-corrected chi connectivity index (χ0v) is 21.8. The summed E-state index contributed by atoms with van der Waals surface area (Å²) in [7, 11) is 0. The predicted octanol–water partition coefficient (Wildman–Crippen LogP) is 11.0. The Kier molecular flexibility index (Phi) is 26.9. The zero-order valence-electron chi connectivity index (χ0n) is 18.3. The Bertz CT molecular complexity index is 262. The van der Waals surface area contributed by atoms with Crippen LogP contribution in [0.15, 0.2) is 0 Å². The van der Waals surface area contributed by atoms with Crippen LogP contribution in [0.3, 0.4) is 0 Å². The van der Waals surface area contributed by atoms with Gasteiger partial charge in [-0.15, -0.1) is 35.9 Å². The van der Waals surface area contributed by atoms with Gasteiger partial charge in [-0.1, -0.05) is 135 Å². The van der Waals surface area contributed by atoms with Gasteiger partial charge < -0.3 is 0 Å². The lowest BCUT2D eigenvalue weighted by Crippen LogP contribution is -1.84. The van der Waals surface area contributed by atoms with E-state index in [0.29, 0.717) is 0 Å². The summed E-state index contributed by atoms with van der Waals surface area (Å²) in [6, 6.07) is 0. The Balaban J connectivity index is 2.97. The lowest BCUT2D eigenvalue weighted by atomic mass is 10.0. The Morgan fingerprint density at radius 1 is 0.444 bits per heavy atom. The first-order valence-corrected chi connectivity index (χ1v) is 17.3. The van der Waals surface area contributed by atoms with Crippen LogP contribution in [0.25, 0.3) is 0 Å². The Labute approximate surface area is 188 Å². The molecule has 0 aromatic rings. The van der Waals surface area contributed by atoms with E-state index in [1.807, 2.05) is 11.4 Å². The smallest absolute Gasteiger partial charge is 0.0666 e. The molecule has 0 aliphatic heterocycles. The van der Waals surface area contributed by atoms with Crippen molar-refractivity contribution in [2.75, 3.05) is 5.75 Å². The van der Waals surface area contributed by atoms with E-state index in [1.165, 1.54) is 141 Å². The highest BCUT2D eigenvalue weighted by Gasteiger charge is 1.97. The third kappa shape index (κ3) is 27.5. The van der Waals surface area contributed by atoms with Crippen molar-refractivity contribution in [3.8, 4) is 0 Å². The standard InChI is InChI=1S/C23H49PS3/c1-2-3-4-5-6-7-8-9-10-11-12-13-14-15-16-17-18-19-20-21-22-23-27-24(25)26/h25-26H,2-23H2,1H3. The Morgan fingerprint density at radius 2 is 0.704 bits per heavy atom. The van der Waals surface area contributed by atoms with Gasteiger partial charge in [0.15, 0.2) is 0 Å². The molecule has 164 valence electrons. The van der Waals surface area contributed by atoms with Crippen LogP contribution in [0.2, 0.25) is 0 Å². The molecule has 0 saturated carbocycles. The molecule has 0 N–H and O–H groups in total. The first-order valence-electron chi connectivity index (χ1n) is 12.1. The Hall–Kier alpha value is 1.48. The topological polar surface area (TPSA) is 0 Å². The van der Waals surface area contributed by atoms with Crippen molar-refractivity contribution < 1.29 is 0 Å². The van der Waals surface area contributed by atoms with Crippen molar-refractivity contribution in [1.29, 1.82) is 0 Å². The van der Waals surface area contributed by atoms with Gasteiger partial charge in [-0.3, -0.25) is 0 Å². The third-order valence-electron chi connectivity index (χ3n) is 5.45. The highest BCUT2D eigenvalue weighted by atomic mass is 33.3. The molecule has 27 heavy (non-hydrogen) atoms. The second-order valence-electron chi connectivity index (χ2n) is 8.16. The van der Waals surface area contributed by atoms with Crippen molar-refractivity contribution in [2.24, 2.45) is 0 Å². The van der Waals surface area contributed by atoms with Gasteiger partial charge in [0.1, 0.15) is 0 Å². The zero-order chi connectivity index (χ0) is 19.8. The highest BCUT2D eigenvalue weighted by molar-refractivity contribution is 9.06. The van der Waals surface area contributed by atoms with Crippen LogP contribution < -0.4 is 0 Å². The van der Waals surface area contributed by atoms with E-state index in [-0.39, 0.29) is 5.53 Å². The van der Waals surface area contributed by atoms with Crippen LogP contribution in [0.4, 0.5) is 0 Å². The largest absolute Gasteiger partial charge is 0.130 e. The van der Waals surface area contributed by atoms with Crippen LogP contribution in [-0.2, 0) is 0 Å². The van der Waals surface area contributed by atoms with Gasteiger partial charge in [-0.25, -0.2) is 0 Å². The van der Waals surface area contributed by atoms with Crippen LogP contribution in [-0.4, -0.2) is 5.75 Å². The maximum atomic E-state index is 4.34. The number of hydrogen-bond acceptors (Lipinski definition) is 3. The molecule has 4 heteroatoms. The summed E-state index contributed by atoms with van der Waals surface area (Å²) in [5.41, 5.74) is -0.342. The molecule has 0 saturated heterocycles. The van der Waals surface area contributed by atoms with Gasteiger partial charge in [0.25, 0.3) is 0 Å². The van der Waals surface area contributed by atoms with Crippen molar-refractivity contribution >= 4 is 41.4 Å². The fourth-order valence-electron chi connectivity index (χ4n) is 3.68. The SMILES string of the molecule is CCCCCCCCCCCCCCCCCCCCCCCSP(S)S. The minimum atomic E-state index is -0.342. The summed E-state index contributed by atoms with van der Waals surface area (Å²) in [4.78, 5) is 0. The summed E-state index contributed by atoms with van der Waals surface area (Å²) in [6.07, 6.45) is 30.6. The molecule has 0 rings (SSSR count). The van der Waals surface area contributed by atoms with E-state index < -0.39 is 0 Å². The third-order valence-corrected chi connectivity index (χ3v) is 9.48. The molecule has 0 unspecified atom stereocenters. The summed E-state index contributed by atoms with van der Waals surface area (Å²) in [6.45, 7) is 2.30. The van der Waals surface area contributed by atoms with Crippen molar-refractivity contribution in [2.45, 2.75) is 142 Å². The predicted molar refractivity (Wildman–Crippen MR) is 140 cm³/mol. The van der Waals surface area contributed by atoms with Crippen LogP contribution in [0.5, 0.6) is 0 Å². The van der Waals surface area contributed by atoms with E-state index in [2.05, 4.69) is 31.4 Å². The van der Waals surface area contributed by atoms with Crippen LogP contribution in [0, 0.1) is 0 Å². The Morgan fingerprint density at radius 3 is 0.963 bits per heavy atom. The van der Waals surface area contributed by atoms with Crippen molar-refractivity contribution in [3.05, 3.63) is 0 Å². The fraction of sp³-hybridized carbons (Fsp3) is 1.00. The fourth-order valence-corrected chi connectivity index (χ4v) is 6.52. The van der Waals surface area contributed by atoms with Crippen molar-refractivity contribution in [3.63, 3.8) is 0 Å². The van der Waals surface area contributed by atoms with Crippen molar-refractivity contribution in [1.82, 2.24) is 0 Å². The van der Waals surface area contributed by atoms with E-state index in [1.54, 1.807) is 0 Å². The lowest BCUT2D eigenvalue weighted by molar-refractivity contribution is 0.521. The molecule has 0 amide bonds. The quantitative estimate of drug-likeness (QED) is 0.0882. The minimum absolute atomic E-state index is 0.342. The van der Waals surface area contributed by atoms with Gasteiger partial charge in [0, 0.05) is 0 Å². The van der Waals surface area contributed by atoms with Gasteiger partial charge in [-0.05, 0) is 12.2 Å². The van der Waals surface area contributed by atoms with Crippen LogP contribution in [0.1, 0.15) is 142 Å². The second kappa shape index (κ2) is 25.5. The summed E-state index contributed by atoms with van der Waals surface area (Å²) in [5.74, 6) is 1.25. The molecule has 0 bridgehead atoms. The van der Waals surface area contributed by atoms with Crippen LogP contribution >= 0.6 is 41.4 Å². The lowest BCUT2D eigenvalue weighted by Gasteiger charge is -2.04. The number of thiol groups is 2. The molecule has 0 aromatic carbocycles. The van der Waals surface area contributed by atoms with E-state index in [9.17, 15) is 0 Å². The number of hydrogen-bond donors (Lipinski definition) is 2. The second-order valence-corrected chi connectivity index (χ2v) is 16.2. The van der Waals surface area contributed by atoms with Gasteiger partial charge in [0.05, 0.1) is 5.53 Å². The minimum Gasteiger partial charge on any atom is -0.130 e. The van der Waals surface area contributed by atoms with E-state index in [0.717, 1.165) is 0 Å². The molecule has 0 aromatic heterocycles. The average molecular weight is 453 g/mol. The van der Waals surface area contributed by atoms with Gasteiger partial charge in [-0.2, -0.15) is 0 Å². The summed E-state index contributed by atoms with van der Waals surface area (Å²) >= 11 is 10.6. The molecular weight excluding hydrogens is 403 g/mol. The van der Waals surface area contributed by atoms with E-state index in [4.69, 9.17) is 0 Å². The molecule has 0 nitrogen and oxygen atoms in total. The molecule has 0 spiro atoms. The normalized spacial score (nSPS) is 11.6. The van der Waals surface area contributed by atoms with E-state index >= 15 is 0 Å². The monoisotopic (exact) mass is 452 g/mol.